The molecule has 1 heterocycles. The minimum Gasteiger partial charge on any atom is -0.311 e. The first-order chi connectivity index (χ1) is 9.13. The summed E-state index contributed by atoms with van der Waals surface area (Å²) < 4.78 is 11.3. The van der Waals surface area contributed by atoms with E-state index in [1.165, 1.54) is 17.5 Å². The SMILES string of the molecule is Cc1cccc(CCC(C)NC2CCS(=O)CC2)c1. The van der Waals surface area contributed by atoms with Gasteiger partial charge >= 0.3 is 0 Å². The Morgan fingerprint density at radius 3 is 2.79 bits per heavy atom. The van der Waals surface area contributed by atoms with Crippen LogP contribution < -0.4 is 5.32 Å². The van der Waals surface area contributed by atoms with Crippen LogP contribution in [-0.4, -0.2) is 27.8 Å². The van der Waals surface area contributed by atoms with Crippen molar-refractivity contribution in [1.29, 1.82) is 0 Å². The fourth-order valence-corrected chi connectivity index (χ4v) is 4.00. The van der Waals surface area contributed by atoms with Gasteiger partial charge in [-0.05, 0) is 45.1 Å². The normalized spacial score (nSPS) is 25.2. The summed E-state index contributed by atoms with van der Waals surface area (Å²) in [5.41, 5.74) is 2.77. The van der Waals surface area contributed by atoms with Gasteiger partial charge in [0.05, 0.1) is 0 Å². The van der Waals surface area contributed by atoms with Gasteiger partial charge < -0.3 is 5.32 Å². The summed E-state index contributed by atoms with van der Waals surface area (Å²) in [5, 5.41) is 3.69. The molecule has 2 rings (SSSR count). The van der Waals surface area contributed by atoms with Crippen molar-refractivity contribution in [3.63, 3.8) is 0 Å². The third-order valence-electron chi connectivity index (χ3n) is 3.86. The number of hydrogen-bond donors (Lipinski definition) is 1. The van der Waals surface area contributed by atoms with Gasteiger partial charge in [0, 0.05) is 34.4 Å². The van der Waals surface area contributed by atoms with Gasteiger partial charge in [-0.25, -0.2) is 0 Å². The Labute approximate surface area is 119 Å². The van der Waals surface area contributed by atoms with E-state index in [4.69, 9.17) is 0 Å². The number of rotatable bonds is 5. The first-order valence-corrected chi connectivity index (χ1v) is 8.79. The predicted octanol–water partition coefficient (Wildman–Crippen LogP) is 2.82. The van der Waals surface area contributed by atoms with Crippen LogP contribution in [0.4, 0.5) is 0 Å². The van der Waals surface area contributed by atoms with Crippen LogP contribution in [-0.2, 0) is 17.2 Å². The van der Waals surface area contributed by atoms with Crippen LogP contribution >= 0.6 is 0 Å². The summed E-state index contributed by atoms with van der Waals surface area (Å²) in [6, 6.07) is 9.88. The van der Waals surface area contributed by atoms with Crippen molar-refractivity contribution in [2.45, 2.75) is 51.6 Å². The smallest absolute Gasteiger partial charge is 0.0249 e. The van der Waals surface area contributed by atoms with E-state index in [-0.39, 0.29) is 0 Å². The summed E-state index contributed by atoms with van der Waals surface area (Å²) in [6.07, 6.45) is 4.44. The predicted molar refractivity (Wildman–Crippen MR) is 83.0 cm³/mol. The van der Waals surface area contributed by atoms with Crippen LogP contribution in [0.5, 0.6) is 0 Å². The van der Waals surface area contributed by atoms with E-state index >= 15 is 0 Å². The standard InChI is InChI=1S/C16H25NOS/c1-13-4-3-5-15(12-13)7-6-14(2)17-16-8-10-19(18)11-9-16/h3-5,12,14,16-17H,6-11H2,1-2H3. The third-order valence-corrected chi connectivity index (χ3v) is 5.24. The Hall–Kier alpha value is -0.670. The lowest BCUT2D eigenvalue weighted by Crippen LogP contribution is -2.41. The highest BCUT2D eigenvalue weighted by Gasteiger charge is 2.18. The van der Waals surface area contributed by atoms with Crippen LogP contribution in [0.2, 0.25) is 0 Å². The van der Waals surface area contributed by atoms with Crippen molar-refractivity contribution in [3.8, 4) is 0 Å². The molecule has 0 amide bonds. The molecule has 0 spiro atoms. The molecule has 1 aliphatic heterocycles. The molecule has 1 saturated heterocycles. The van der Waals surface area contributed by atoms with Gasteiger partial charge in [0.1, 0.15) is 0 Å². The van der Waals surface area contributed by atoms with Gasteiger partial charge in [0.25, 0.3) is 0 Å². The molecule has 1 aliphatic rings. The summed E-state index contributed by atoms with van der Waals surface area (Å²) in [6.45, 7) is 4.41. The lowest BCUT2D eigenvalue weighted by molar-refractivity contribution is 0.405. The molecule has 0 aromatic heterocycles. The van der Waals surface area contributed by atoms with Gasteiger partial charge in [-0.15, -0.1) is 0 Å². The zero-order chi connectivity index (χ0) is 13.7. The summed E-state index contributed by atoms with van der Waals surface area (Å²) in [4.78, 5) is 0. The Morgan fingerprint density at radius 2 is 2.11 bits per heavy atom. The van der Waals surface area contributed by atoms with E-state index in [2.05, 4.69) is 43.4 Å². The van der Waals surface area contributed by atoms with Crippen molar-refractivity contribution in [3.05, 3.63) is 35.4 Å². The van der Waals surface area contributed by atoms with Crippen LogP contribution in [0.1, 0.15) is 37.3 Å². The molecular formula is C16H25NOS. The van der Waals surface area contributed by atoms with Gasteiger partial charge in [-0.3, -0.25) is 4.21 Å². The molecule has 3 heteroatoms. The molecule has 19 heavy (non-hydrogen) atoms. The average Bonchev–Trinajstić information content (AvgIpc) is 2.39. The van der Waals surface area contributed by atoms with Gasteiger partial charge in [0.2, 0.25) is 0 Å². The van der Waals surface area contributed by atoms with Crippen molar-refractivity contribution in [2.24, 2.45) is 0 Å². The maximum absolute atomic E-state index is 11.3. The molecule has 1 aromatic carbocycles. The lowest BCUT2D eigenvalue weighted by atomic mass is 10.0. The number of benzene rings is 1. The Balaban J connectivity index is 1.72. The van der Waals surface area contributed by atoms with Gasteiger partial charge in [-0.1, -0.05) is 29.8 Å². The number of hydrogen-bond acceptors (Lipinski definition) is 2. The highest BCUT2D eigenvalue weighted by molar-refractivity contribution is 7.85. The Kier molecular flexibility index (Phi) is 5.59. The van der Waals surface area contributed by atoms with Crippen molar-refractivity contribution >= 4 is 10.8 Å². The second kappa shape index (κ2) is 7.20. The topological polar surface area (TPSA) is 29.1 Å². The number of aryl methyl sites for hydroxylation is 2. The molecule has 1 aromatic rings. The van der Waals surface area contributed by atoms with Crippen LogP contribution in [0.15, 0.2) is 24.3 Å². The molecule has 1 atom stereocenters. The average molecular weight is 279 g/mol. The van der Waals surface area contributed by atoms with E-state index in [0.717, 1.165) is 30.8 Å². The molecule has 0 saturated carbocycles. The van der Waals surface area contributed by atoms with Crippen LogP contribution in [0.25, 0.3) is 0 Å². The first-order valence-electron chi connectivity index (χ1n) is 7.30. The minimum atomic E-state index is -0.552. The molecular weight excluding hydrogens is 254 g/mol. The molecule has 0 bridgehead atoms. The minimum absolute atomic E-state index is 0.539. The van der Waals surface area contributed by atoms with Gasteiger partial charge in [0.15, 0.2) is 0 Å². The van der Waals surface area contributed by atoms with Crippen molar-refractivity contribution in [2.75, 3.05) is 11.5 Å². The fraction of sp³-hybridized carbons (Fsp3) is 0.625. The molecule has 1 N–H and O–H groups in total. The molecule has 1 unspecified atom stereocenters. The van der Waals surface area contributed by atoms with Crippen molar-refractivity contribution in [1.82, 2.24) is 5.32 Å². The molecule has 1 fully saturated rings. The molecule has 0 radical (unpaired) electrons. The third kappa shape index (κ3) is 5.07. The monoisotopic (exact) mass is 279 g/mol. The summed E-state index contributed by atoms with van der Waals surface area (Å²) in [7, 11) is -0.552. The fourth-order valence-electron chi connectivity index (χ4n) is 2.70. The maximum atomic E-state index is 11.3. The Morgan fingerprint density at radius 1 is 1.37 bits per heavy atom. The van der Waals surface area contributed by atoms with Crippen LogP contribution in [0, 0.1) is 6.92 Å². The summed E-state index contributed by atoms with van der Waals surface area (Å²) in [5.74, 6) is 1.75. The quantitative estimate of drug-likeness (QED) is 0.898. The Bertz CT molecular complexity index is 423. The highest BCUT2D eigenvalue weighted by atomic mass is 32.2. The maximum Gasteiger partial charge on any atom is 0.0249 e. The van der Waals surface area contributed by atoms with Gasteiger partial charge in [-0.2, -0.15) is 0 Å². The summed E-state index contributed by atoms with van der Waals surface area (Å²) >= 11 is 0. The second-order valence-electron chi connectivity index (χ2n) is 5.72. The molecule has 106 valence electrons. The zero-order valence-electron chi connectivity index (χ0n) is 12.0. The molecule has 2 nitrogen and oxygen atoms in total. The van der Waals surface area contributed by atoms with Crippen LogP contribution in [0.3, 0.4) is 0 Å². The number of nitrogens with one attached hydrogen (secondary N) is 1. The first kappa shape index (κ1) is 14.7. The second-order valence-corrected chi connectivity index (χ2v) is 7.41. The van der Waals surface area contributed by atoms with E-state index < -0.39 is 10.8 Å². The van der Waals surface area contributed by atoms with Crippen molar-refractivity contribution < 1.29 is 4.21 Å². The zero-order valence-corrected chi connectivity index (χ0v) is 12.8. The largest absolute Gasteiger partial charge is 0.311 e. The van der Waals surface area contributed by atoms with E-state index in [9.17, 15) is 4.21 Å². The van der Waals surface area contributed by atoms with E-state index in [1.807, 2.05) is 0 Å². The van der Waals surface area contributed by atoms with E-state index in [1.54, 1.807) is 0 Å². The molecule has 0 aliphatic carbocycles. The lowest BCUT2D eigenvalue weighted by Gasteiger charge is -2.26. The highest BCUT2D eigenvalue weighted by Crippen LogP contribution is 2.12. The van der Waals surface area contributed by atoms with E-state index in [0.29, 0.717) is 12.1 Å².